The summed E-state index contributed by atoms with van der Waals surface area (Å²) in [6, 6.07) is -0.219. The van der Waals surface area contributed by atoms with Crippen molar-refractivity contribution in [2.75, 3.05) is 32.9 Å². The highest BCUT2D eigenvalue weighted by molar-refractivity contribution is 5.90. The summed E-state index contributed by atoms with van der Waals surface area (Å²) < 4.78 is 0. The minimum absolute atomic E-state index is 0.0102. The molecule has 0 atom stereocenters. The van der Waals surface area contributed by atoms with Crippen molar-refractivity contribution < 1.29 is 9.59 Å². The summed E-state index contributed by atoms with van der Waals surface area (Å²) in [7, 11) is 3.26. The molecule has 0 unspecified atom stereocenters. The molecule has 1 rings (SSSR count). The third-order valence-corrected chi connectivity index (χ3v) is 1.81. The minimum Gasteiger partial charge on any atom is -0.366 e. The number of nitrogen functional groups attached to an aromatic ring is 1. The largest absolute Gasteiger partial charge is 0.366 e. The summed E-state index contributed by atoms with van der Waals surface area (Å²) in [5.41, 5.74) is 5.25. The summed E-state index contributed by atoms with van der Waals surface area (Å²) in [5.74, 6) is -0.370. The Bertz CT molecular complexity index is 400. The van der Waals surface area contributed by atoms with E-state index in [-0.39, 0.29) is 17.8 Å². The number of nitrogens with one attached hydrogen (secondary N) is 3. The molecule has 94 valence electrons. The predicted octanol–water partition coefficient (Wildman–Crippen LogP) is -1.61. The summed E-state index contributed by atoms with van der Waals surface area (Å²) in [5, 5.41) is 11.0. The highest BCUT2D eigenvalue weighted by Crippen LogP contribution is 1.91. The van der Waals surface area contributed by atoms with Crippen LogP contribution in [0.4, 0.5) is 10.7 Å². The zero-order valence-corrected chi connectivity index (χ0v) is 9.65. The second-order valence-electron chi connectivity index (χ2n) is 3.42. The number of carbonyl (C=O) groups excluding carboxylic acids is 2. The van der Waals surface area contributed by atoms with Crippen molar-refractivity contribution in [3.05, 3.63) is 5.82 Å². The molecule has 0 aliphatic heterocycles. The van der Waals surface area contributed by atoms with Crippen LogP contribution in [0.5, 0.6) is 0 Å². The lowest BCUT2D eigenvalue weighted by molar-refractivity contribution is 0.0943. The van der Waals surface area contributed by atoms with E-state index >= 15 is 0 Å². The quantitative estimate of drug-likeness (QED) is 0.471. The Kier molecular flexibility index (Phi) is 4.26. The molecule has 0 radical (unpaired) electrons. The van der Waals surface area contributed by atoms with E-state index in [2.05, 4.69) is 25.8 Å². The minimum atomic E-state index is -0.423. The molecule has 0 spiro atoms. The number of amides is 3. The Morgan fingerprint density at radius 1 is 1.35 bits per heavy atom. The number of nitrogens with zero attached hydrogens (tertiary/aromatic N) is 3. The summed E-state index contributed by atoms with van der Waals surface area (Å²) in [6.07, 6.45) is 0. The first-order chi connectivity index (χ1) is 8.00. The Balaban J connectivity index is 2.23. The van der Waals surface area contributed by atoms with Crippen molar-refractivity contribution >= 4 is 17.9 Å². The van der Waals surface area contributed by atoms with Crippen LogP contribution in [-0.4, -0.2) is 59.2 Å². The second-order valence-corrected chi connectivity index (χ2v) is 3.42. The number of hydrogen-bond donors (Lipinski definition) is 4. The molecule has 9 nitrogen and oxygen atoms in total. The first-order valence-corrected chi connectivity index (χ1v) is 4.92. The predicted molar refractivity (Wildman–Crippen MR) is 60.2 cm³/mol. The molecule has 1 aromatic heterocycles. The van der Waals surface area contributed by atoms with E-state index in [0.717, 1.165) is 0 Å². The van der Waals surface area contributed by atoms with Gasteiger partial charge in [-0.15, -0.1) is 5.10 Å². The number of rotatable bonds is 4. The number of anilines is 1. The molecule has 5 N–H and O–H groups in total. The maximum atomic E-state index is 11.4. The normalized spacial score (nSPS) is 9.76. The van der Waals surface area contributed by atoms with Gasteiger partial charge in [-0.1, -0.05) is 0 Å². The van der Waals surface area contributed by atoms with Gasteiger partial charge in [0.25, 0.3) is 5.91 Å². The van der Waals surface area contributed by atoms with Crippen molar-refractivity contribution in [1.29, 1.82) is 0 Å². The summed E-state index contributed by atoms with van der Waals surface area (Å²) in [4.78, 5) is 27.6. The maximum Gasteiger partial charge on any atom is 0.316 e. The monoisotopic (exact) mass is 241 g/mol. The van der Waals surface area contributed by atoms with Gasteiger partial charge < -0.3 is 21.3 Å². The van der Waals surface area contributed by atoms with Crippen molar-refractivity contribution in [1.82, 2.24) is 30.7 Å². The van der Waals surface area contributed by atoms with Crippen LogP contribution in [0.15, 0.2) is 0 Å². The van der Waals surface area contributed by atoms with E-state index in [1.807, 2.05) is 0 Å². The van der Waals surface area contributed by atoms with Gasteiger partial charge in [0.2, 0.25) is 11.8 Å². The molecular formula is C8H15N7O2. The number of nitrogens with two attached hydrogens (primary N) is 1. The number of carbonyl (C=O) groups is 2. The Hall–Kier alpha value is -2.32. The standard InChI is InChI=1S/C8H15N7O2/c1-15(2)8(17)11-4-3-10-6(16)5-12-7(9)14-13-5/h3-4H2,1-2H3,(H,10,16)(H,11,17)(H3,9,12,13,14). The van der Waals surface area contributed by atoms with Gasteiger partial charge in [-0.2, -0.15) is 4.98 Å². The fourth-order valence-electron chi connectivity index (χ4n) is 0.964. The molecular weight excluding hydrogens is 226 g/mol. The van der Waals surface area contributed by atoms with E-state index in [4.69, 9.17) is 5.73 Å². The Morgan fingerprint density at radius 2 is 2.00 bits per heavy atom. The number of aromatic nitrogens is 3. The van der Waals surface area contributed by atoms with Crippen LogP contribution in [0.1, 0.15) is 10.6 Å². The first kappa shape index (κ1) is 12.7. The lowest BCUT2D eigenvalue weighted by Crippen LogP contribution is -2.39. The van der Waals surface area contributed by atoms with Crippen LogP contribution in [0.3, 0.4) is 0 Å². The van der Waals surface area contributed by atoms with Gasteiger partial charge in [-0.3, -0.25) is 9.89 Å². The number of H-pyrrole nitrogens is 1. The van der Waals surface area contributed by atoms with Crippen LogP contribution in [0.25, 0.3) is 0 Å². The lowest BCUT2D eigenvalue weighted by atomic mass is 10.5. The average molecular weight is 241 g/mol. The molecule has 0 aromatic carbocycles. The summed E-state index contributed by atoms with van der Waals surface area (Å²) in [6.45, 7) is 0.616. The number of aromatic amines is 1. The topological polar surface area (TPSA) is 129 Å². The zero-order valence-electron chi connectivity index (χ0n) is 9.65. The molecule has 3 amide bonds. The molecule has 0 aliphatic carbocycles. The molecule has 17 heavy (non-hydrogen) atoms. The van der Waals surface area contributed by atoms with Gasteiger partial charge >= 0.3 is 6.03 Å². The Labute approximate surface area is 97.8 Å². The van der Waals surface area contributed by atoms with Gasteiger partial charge in [-0.05, 0) is 0 Å². The second kappa shape index (κ2) is 5.68. The van der Waals surface area contributed by atoms with E-state index in [1.165, 1.54) is 4.90 Å². The van der Waals surface area contributed by atoms with E-state index in [1.54, 1.807) is 14.1 Å². The Morgan fingerprint density at radius 3 is 2.53 bits per heavy atom. The van der Waals surface area contributed by atoms with Gasteiger partial charge in [-0.25, -0.2) is 4.79 Å². The van der Waals surface area contributed by atoms with Crippen LogP contribution in [0.2, 0.25) is 0 Å². The van der Waals surface area contributed by atoms with E-state index < -0.39 is 5.91 Å². The number of urea groups is 1. The fourth-order valence-corrected chi connectivity index (χ4v) is 0.964. The molecule has 1 heterocycles. The SMILES string of the molecule is CN(C)C(=O)NCCNC(=O)c1nc(N)n[nH]1. The zero-order chi connectivity index (χ0) is 12.8. The third kappa shape index (κ3) is 3.97. The van der Waals surface area contributed by atoms with E-state index in [0.29, 0.717) is 13.1 Å². The molecule has 0 saturated carbocycles. The van der Waals surface area contributed by atoms with Crippen molar-refractivity contribution in [3.8, 4) is 0 Å². The van der Waals surface area contributed by atoms with Gasteiger partial charge in [0.15, 0.2) is 0 Å². The number of hydrogen-bond acceptors (Lipinski definition) is 5. The smallest absolute Gasteiger partial charge is 0.316 e. The van der Waals surface area contributed by atoms with Crippen LogP contribution < -0.4 is 16.4 Å². The highest BCUT2D eigenvalue weighted by Gasteiger charge is 2.09. The van der Waals surface area contributed by atoms with Crippen molar-refractivity contribution in [2.24, 2.45) is 0 Å². The van der Waals surface area contributed by atoms with Crippen LogP contribution in [0, 0.1) is 0 Å². The molecule has 0 bridgehead atoms. The van der Waals surface area contributed by atoms with Gasteiger partial charge in [0.05, 0.1) is 0 Å². The lowest BCUT2D eigenvalue weighted by Gasteiger charge is -2.11. The van der Waals surface area contributed by atoms with Crippen molar-refractivity contribution in [3.63, 3.8) is 0 Å². The first-order valence-electron chi connectivity index (χ1n) is 4.92. The molecule has 0 saturated heterocycles. The third-order valence-electron chi connectivity index (χ3n) is 1.81. The van der Waals surface area contributed by atoms with Crippen LogP contribution >= 0.6 is 0 Å². The van der Waals surface area contributed by atoms with Gasteiger partial charge in [0.1, 0.15) is 0 Å². The van der Waals surface area contributed by atoms with Gasteiger partial charge in [0, 0.05) is 27.2 Å². The summed E-state index contributed by atoms with van der Waals surface area (Å²) >= 11 is 0. The average Bonchev–Trinajstić information content (AvgIpc) is 2.70. The fraction of sp³-hybridized carbons (Fsp3) is 0.500. The van der Waals surface area contributed by atoms with Crippen molar-refractivity contribution in [2.45, 2.75) is 0 Å². The maximum absolute atomic E-state index is 11.4. The van der Waals surface area contributed by atoms with E-state index in [9.17, 15) is 9.59 Å². The molecule has 0 fully saturated rings. The molecule has 1 aromatic rings. The highest BCUT2D eigenvalue weighted by atomic mass is 16.2. The molecule has 0 aliphatic rings. The molecule has 9 heteroatoms. The van der Waals surface area contributed by atoms with Crippen LogP contribution in [-0.2, 0) is 0 Å².